The summed E-state index contributed by atoms with van der Waals surface area (Å²) in [6, 6.07) is 5.12. The van der Waals surface area contributed by atoms with E-state index in [0.717, 1.165) is 5.69 Å². The van der Waals surface area contributed by atoms with Crippen molar-refractivity contribution in [1.82, 2.24) is 24.7 Å². The normalized spacial score (nSPS) is 11.4. The maximum Gasteiger partial charge on any atom is 0.260 e. The molecule has 2 N–H and O–H groups in total. The summed E-state index contributed by atoms with van der Waals surface area (Å²) in [4.78, 5) is 37.9. The average Bonchev–Trinajstić information content (AvgIpc) is 3.48. The smallest absolute Gasteiger partial charge is 0.260 e. The van der Waals surface area contributed by atoms with Gasteiger partial charge in [0.25, 0.3) is 11.9 Å². The number of carbonyl (C=O) groups excluding carboxylic acids is 2. The first-order valence-electron chi connectivity index (χ1n) is 10.2. The number of rotatable bonds is 6. The Morgan fingerprint density at radius 3 is 2.61 bits per heavy atom. The Morgan fingerprint density at radius 2 is 1.94 bits per heavy atom. The third-order valence-electron chi connectivity index (χ3n) is 4.70. The Bertz CT molecular complexity index is 1280. The van der Waals surface area contributed by atoms with E-state index in [1.54, 1.807) is 36.8 Å². The van der Waals surface area contributed by atoms with E-state index < -0.39 is 0 Å². The van der Waals surface area contributed by atoms with Crippen LogP contribution in [0.3, 0.4) is 0 Å². The second kappa shape index (κ2) is 8.94. The van der Waals surface area contributed by atoms with Crippen molar-refractivity contribution in [3.63, 3.8) is 0 Å². The van der Waals surface area contributed by atoms with Crippen molar-refractivity contribution in [2.75, 3.05) is 10.6 Å². The average molecular weight is 466 g/mol. The Morgan fingerprint density at radius 1 is 1.18 bits per heavy atom. The molecule has 0 aliphatic rings. The summed E-state index contributed by atoms with van der Waals surface area (Å²) in [5.74, 6) is 0.763. The number of hydrogen-bond donors (Lipinski definition) is 2. The zero-order chi connectivity index (χ0) is 23.6. The highest BCUT2D eigenvalue weighted by atomic mass is 32.1. The van der Waals surface area contributed by atoms with Gasteiger partial charge in [0.05, 0.1) is 29.6 Å². The number of aromatic nitrogens is 5. The third-order valence-corrected chi connectivity index (χ3v) is 5.51. The minimum atomic E-state index is -0.312. The molecule has 2 amide bonds. The molecule has 0 aliphatic carbocycles. The first-order valence-corrected chi connectivity index (χ1v) is 11.1. The van der Waals surface area contributed by atoms with Crippen LogP contribution < -0.4 is 10.6 Å². The third kappa shape index (κ3) is 5.14. The van der Waals surface area contributed by atoms with Gasteiger partial charge in [0.15, 0.2) is 5.13 Å². The van der Waals surface area contributed by atoms with Crippen molar-refractivity contribution in [2.24, 2.45) is 0 Å². The van der Waals surface area contributed by atoms with Crippen LogP contribution in [0.4, 0.5) is 10.9 Å². The van der Waals surface area contributed by atoms with Crippen LogP contribution in [0.5, 0.6) is 0 Å². The molecule has 10 nitrogen and oxygen atoms in total. The lowest BCUT2D eigenvalue weighted by molar-refractivity contribution is -0.115. The van der Waals surface area contributed by atoms with Gasteiger partial charge in [-0.05, 0) is 19.1 Å². The number of carbonyl (C=O) groups is 2. The zero-order valence-corrected chi connectivity index (χ0v) is 19.4. The predicted molar refractivity (Wildman–Crippen MR) is 124 cm³/mol. The second-order valence-corrected chi connectivity index (χ2v) is 9.20. The molecule has 11 heteroatoms. The van der Waals surface area contributed by atoms with Crippen LogP contribution in [0.25, 0.3) is 5.95 Å². The lowest BCUT2D eigenvalue weighted by Crippen LogP contribution is -2.18. The molecule has 0 aliphatic heterocycles. The van der Waals surface area contributed by atoms with Crippen molar-refractivity contribution in [2.45, 2.75) is 39.5 Å². The fourth-order valence-corrected chi connectivity index (χ4v) is 3.68. The van der Waals surface area contributed by atoms with Gasteiger partial charge in [-0.25, -0.2) is 15.0 Å². The van der Waals surface area contributed by atoms with Crippen molar-refractivity contribution in [3.05, 3.63) is 64.9 Å². The van der Waals surface area contributed by atoms with Gasteiger partial charge < -0.3 is 9.73 Å². The summed E-state index contributed by atoms with van der Waals surface area (Å²) < 4.78 is 6.67. The van der Waals surface area contributed by atoms with Gasteiger partial charge in [0.2, 0.25) is 5.91 Å². The van der Waals surface area contributed by atoms with Gasteiger partial charge in [-0.1, -0.05) is 20.8 Å². The molecule has 0 bridgehead atoms. The standard InChI is InChI=1S/C22H23N7O3S/c1-13-15(6-9-32-13)19(31)27-21-25-14(12-33-21)10-18(30)26-17-11-16(22(2,3)4)28-29(17)20-23-7-5-8-24-20/h5-9,11-12H,10H2,1-4H3,(H,26,30)(H,25,27,31). The van der Waals surface area contributed by atoms with Crippen LogP contribution in [0.1, 0.15) is 48.3 Å². The van der Waals surface area contributed by atoms with Gasteiger partial charge in [0, 0.05) is 29.3 Å². The van der Waals surface area contributed by atoms with Crippen molar-refractivity contribution in [1.29, 1.82) is 0 Å². The second-order valence-electron chi connectivity index (χ2n) is 8.34. The molecule has 4 heterocycles. The Kier molecular flexibility index (Phi) is 6.05. The Balaban J connectivity index is 1.47. The minimum absolute atomic E-state index is 0.0305. The molecule has 0 spiro atoms. The van der Waals surface area contributed by atoms with E-state index in [4.69, 9.17) is 4.42 Å². The molecule has 0 unspecified atom stereocenters. The van der Waals surface area contributed by atoms with Gasteiger partial charge in [0.1, 0.15) is 11.6 Å². The maximum atomic E-state index is 12.8. The predicted octanol–water partition coefficient (Wildman–Crippen LogP) is 3.75. The fraction of sp³-hybridized carbons (Fsp3) is 0.273. The largest absolute Gasteiger partial charge is 0.469 e. The van der Waals surface area contributed by atoms with Crippen LogP contribution in [-0.2, 0) is 16.6 Å². The number of anilines is 2. The minimum Gasteiger partial charge on any atom is -0.469 e. The van der Waals surface area contributed by atoms with Gasteiger partial charge in [-0.15, -0.1) is 11.3 Å². The molecule has 4 aromatic heterocycles. The summed E-state index contributed by atoms with van der Waals surface area (Å²) in [6.07, 6.45) is 4.71. The van der Waals surface area contributed by atoms with Crippen LogP contribution >= 0.6 is 11.3 Å². The highest BCUT2D eigenvalue weighted by Crippen LogP contribution is 2.25. The summed E-state index contributed by atoms with van der Waals surface area (Å²) in [5, 5.41) is 12.3. The molecular formula is C22H23N7O3S. The van der Waals surface area contributed by atoms with Crippen molar-refractivity contribution >= 4 is 34.1 Å². The topological polar surface area (TPSA) is 128 Å². The van der Waals surface area contributed by atoms with Crippen molar-refractivity contribution < 1.29 is 14.0 Å². The van der Waals surface area contributed by atoms with E-state index in [-0.39, 0.29) is 23.7 Å². The first kappa shape index (κ1) is 22.3. The summed E-state index contributed by atoms with van der Waals surface area (Å²) in [5.41, 5.74) is 1.54. The van der Waals surface area contributed by atoms with E-state index >= 15 is 0 Å². The van der Waals surface area contributed by atoms with E-state index in [1.165, 1.54) is 22.3 Å². The zero-order valence-electron chi connectivity index (χ0n) is 18.6. The number of nitrogens with zero attached hydrogens (tertiary/aromatic N) is 5. The Hall–Kier alpha value is -3.86. The molecule has 0 atom stereocenters. The molecule has 4 aromatic rings. The monoisotopic (exact) mass is 465 g/mol. The van der Waals surface area contributed by atoms with E-state index in [2.05, 4.69) is 30.7 Å². The molecule has 4 rings (SSSR count). The molecule has 170 valence electrons. The van der Waals surface area contributed by atoms with Gasteiger partial charge >= 0.3 is 0 Å². The highest BCUT2D eigenvalue weighted by Gasteiger charge is 2.22. The van der Waals surface area contributed by atoms with Crippen LogP contribution in [0.2, 0.25) is 0 Å². The first-order chi connectivity index (χ1) is 15.7. The fourth-order valence-electron chi connectivity index (χ4n) is 2.97. The summed E-state index contributed by atoms with van der Waals surface area (Å²) in [6.45, 7) is 7.82. The molecular weight excluding hydrogens is 442 g/mol. The van der Waals surface area contributed by atoms with E-state index in [9.17, 15) is 9.59 Å². The summed E-state index contributed by atoms with van der Waals surface area (Å²) >= 11 is 1.25. The number of nitrogens with one attached hydrogen (secondary N) is 2. The quantitative estimate of drug-likeness (QED) is 0.444. The molecule has 0 saturated carbocycles. The lowest BCUT2D eigenvalue weighted by Gasteiger charge is -2.13. The Labute approximate surface area is 194 Å². The van der Waals surface area contributed by atoms with Gasteiger partial charge in [-0.2, -0.15) is 9.78 Å². The molecule has 33 heavy (non-hydrogen) atoms. The SMILES string of the molecule is Cc1occc1C(=O)Nc1nc(CC(=O)Nc2cc(C(C)(C)C)nn2-c2ncccn2)cs1. The summed E-state index contributed by atoms with van der Waals surface area (Å²) in [7, 11) is 0. The van der Waals surface area contributed by atoms with Crippen molar-refractivity contribution in [3.8, 4) is 5.95 Å². The van der Waals surface area contributed by atoms with Crippen LogP contribution in [0, 0.1) is 6.92 Å². The number of thiazole rings is 1. The number of furan rings is 1. The number of aryl methyl sites for hydroxylation is 1. The molecule has 0 fully saturated rings. The maximum absolute atomic E-state index is 12.8. The lowest BCUT2D eigenvalue weighted by atomic mass is 9.92. The van der Waals surface area contributed by atoms with Crippen LogP contribution in [0.15, 0.2) is 46.7 Å². The molecule has 0 radical (unpaired) electrons. The highest BCUT2D eigenvalue weighted by molar-refractivity contribution is 7.14. The molecule has 0 aromatic carbocycles. The van der Waals surface area contributed by atoms with Crippen LogP contribution in [-0.4, -0.2) is 36.5 Å². The number of amides is 2. The number of hydrogen-bond acceptors (Lipinski definition) is 8. The molecule has 0 saturated heterocycles. The van der Waals surface area contributed by atoms with Gasteiger partial charge in [-0.3, -0.25) is 14.9 Å². The van der Waals surface area contributed by atoms with E-state index in [1.807, 2.05) is 26.8 Å². The van der Waals surface area contributed by atoms with E-state index in [0.29, 0.717) is 33.9 Å².